The van der Waals surface area contributed by atoms with Crippen molar-refractivity contribution in [2.75, 3.05) is 20.3 Å². The van der Waals surface area contributed by atoms with Crippen molar-refractivity contribution >= 4 is 33.5 Å². The van der Waals surface area contributed by atoms with Crippen LogP contribution in [0, 0.1) is 22.7 Å². The number of methoxy groups -OCH3 is 1. The van der Waals surface area contributed by atoms with Crippen LogP contribution in [-0.4, -0.2) is 49.7 Å². The van der Waals surface area contributed by atoms with Crippen molar-refractivity contribution < 1.29 is 55.2 Å². The average molecular weight is 604 g/mol. The van der Waals surface area contributed by atoms with Gasteiger partial charge in [-0.25, -0.2) is 9.59 Å². The van der Waals surface area contributed by atoms with Crippen LogP contribution in [0.15, 0.2) is 60.7 Å². The molecule has 0 bridgehead atoms. The summed E-state index contributed by atoms with van der Waals surface area (Å²) < 4.78 is 87.8. The zero-order chi connectivity index (χ0) is 31.9. The Morgan fingerprint density at radius 1 is 0.744 bits per heavy atom. The van der Waals surface area contributed by atoms with E-state index in [0.29, 0.717) is 16.2 Å². The maximum absolute atomic E-state index is 12.4. The molecule has 8 nitrogen and oxygen atoms in total. The predicted molar refractivity (Wildman–Crippen MR) is 139 cm³/mol. The Bertz CT molecular complexity index is 1770. The van der Waals surface area contributed by atoms with Crippen LogP contribution in [0.1, 0.15) is 31.8 Å². The number of benzene rings is 4. The number of carboxylic acid groups (broad SMARTS) is 1. The van der Waals surface area contributed by atoms with Crippen LogP contribution in [0.3, 0.4) is 0 Å². The highest BCUT2D eigenvalue weighted by Crippen LogP contribution is 2.35. The number of hydrogen-bond donors (Lipinski definition) is 1. The molecule has 43 heavy (non-hydrogen) atoms. The minimum absolute atomic E-state index is 0.164. The highest BCUT2D eigenvalue weighted by atomic mass is 19.4. The summed E-state index contributed by atoms with van der Waals surface area (Å²) in [5, 5.41) is 28.9. The third-order valence-corrected chi connectivity index (χ3v) is 5.61. The minimum Gasteiger partial charge on any atom is -0.482 e. The van der Waals surface area contributed by atoms with E-state index in [1.807, 2.05) is 0 Å². The van der Waals surface area contributed by atoms with Crippen LogP contribution >= 0.6 is 0 Å². The molecular weight excluding hydrogens is 586 g/mol. The first-order valence-electron chi connectivity index (χ1n) is 11.8. The van der Waals surface area contributed by atoms with Gasteiger partial charge in [0.05, 0.1) is 18.2 Å². The van der Waals surface area contributed by atoms with Crippen LogP contribution in [-0.2, 0) is 4.74 Å². The van der Waals surface area contributed by atoms with Gasteiger partial charge in [-0.1, -0.05) is 48.5 Å². The van der Waals surface area contributed by atoms with Gasteiger partial charge in [-0.15, -0.1) is 0 Å². The molecule has 14 heteroatoms. The fourth-order valence-electron chi connectivity index (χ4n) is 3.95. The molecule has 4 aromatic rings. The van der Waals surface area contributed by atoms with Crippen molar-refractivity contribution in [3.63, 3.8) is 0 Å². The normalized spacial score (nSPS) is 11.1. The minimum atomic E-state index is -4.63. The molecule has 0 aliphatic heterocycles. The summed E-state index contributed by atoms with van der Waals surface area (Å²) in [4.78, 5) is 23.3. The van der Waals surface area contributed by atoms with Crippen LogP contribution in [0.2, 0.25) is 0 Å². The summed E-state index contributed by atoms with van der Waals surface area (Å²) in [6.45, 7) is -3.27. The maximum Gasteiger partial charge on any atom is 0.422 e. The second-order valence-corrected chi connectivity index (χ2v) is 8.53. The summed E-state index contributed by atoms with van der Waals surface area (Å²) in [6.07, 6.45) is -9.22. The van der Waals surface area contributed by atoms with Crippen LogP contribution < -0.4 is 9.47 Å². The molecule has 0 amide bonds. The van der Waals surface area contributed by atoms with Crippen LogP contribution in [0.25, 0.3) is 21.5 Å². The van der Waals surface area contributed by atoms with E-state index >= 15 is 0 Å². The number of carboxylic acids is 1. The lowest BCUT2D eigenvalue weighted by molar-refractivity contribution is -0.154. The molecule has 0 aliphatic carbocycles. The van der Waals surface area contributed by atoms with Crippen molar-refractivity contribution in [2.45, 2.75) is 12.4 Å². The SMILES string of the molecule is COC(=O)c1c(OCC(F)(F)F)c(C#N)cc2ccccc12.N#Cc1cc2ccccc2c(C(=O)O)c1OCC(F)(F)F. The molecule has 0 heterocycles. The molecule has 0 aliphatic rings. The number of hydrogen-bond acceptors (Lipinski definition) is 7. The van der Waals surface area contributed by atoms with Gasteiger partial charge < -0.3 is 19.3 Å². The standard InChI is InChI=1S/C15H10F3NO3.C14H8F3NO3/c1-21-14(20)12-11-5-3-2-4-9(11)6-10(7-19)13(12)22-8-15(16,17)18;15-14(16,17)7-21-12-9(6-18)5-8-3-1-2-4-10(8)11(12)13(19)20/h2-6H,8H2,1H3;1-5H,7H2,(H,19,20). The van der Waals surface area contributed by atoms with Gasteiger partial charge in [0.2, 0.25) is 0 Å². The number of esters is 1. The van der Waals surface area contributed by atoms with Crippen molar-refractivity contribution in [1.29, 1.82) is 10.5 Å². The molecular formula is C29H18F6N2O6. The molecule has 0 fully saturated rings. The zero-order valence-corrected chi connectivity index (χ0v) is 21.8. The van der Waals surface area contributed by atoms with Gasteiger partial charge >= 0.3 is 24.3 Å². The summed E-state index contributed by atoms with van der Waals surface area (Å²) in [6, 6.07) is 18.7. The summed E-state index contributed by atoms with van der Waals surface area (Å²) in [5.41, 5.74) is -1.06. The zero-order valence-electron chi connectivity index (χ0n) is 21.8. The molecule has 0 radical (unpaired) electrons. The first-order valence-corrected chi connectivity index (χ1v) is 11.8. The average Bonchev–Trinajstić information content (AvgIpc) is 2.96. The van der Waals surface area contributed by atoms with Crippen LogP contribution in [0.5, 0.6) is 11.5 Å². The highest BCUT2D eigenvalue weighted by Gasteiger charge is 2.32. The lowest BCUT2D eigenvalue weighted by Crippen LogP contribution is -2.21. The smallest absolute Gasteiger partial charge is 0.422 e. The number of carbonyl (C=O) groups is 2. The molecule has 222 valence electrons. The van der Waals surface area contributed by atoms with Gasteiger partial charge in [0.1, 0.15) is 23.3 Å². The Hall–Kier alpha value is -5.50. The third kappa shape index (κ3) is 7.83. The fourth-order valence-corrected chi connectivity index (χ4v) is 3.95. The Kier molecular flexibility index (Phi) is 9.68. The number of halogens is 6. The fraction of sp³-hybridized carbons (Fsp3) is 0.172. The van der Waals surface area contributed by atoms with E-state index in [2.05, 4.69) is 9.47 Å². The number of rotatable bonds is 6. The van der Waals surface area contributed by atoms with Gasteiger partial charge in [-0.2, -0.15) is 36.9 Å². The van der Waals surface area contributed by atoms with Gasteiger partial charge in [0, 0.05) is 10.8 Å². The Balaban J connectivity index is 0.000000236. The molecule has 0 saturated carbocycles. The number of ether oxygens (including phenoxy) is 3. The summed E-state index contributed by atoms with van der Waals surface area (Å²) in [5.74, 6) is -3.32. The monoisotopic (exact) mass is 604 g/mol. The number of carbonyl (C=O) groups excluding carboxylic acids is 1. The predicted octanol–water partition coefficient (Wildman–Crippen LogP) is 6.79. The third-order valence-electron chi connectivity index (χ3n) is 5.61. The topological polar surface area (TPSA) is 130 Å². The summed E-state index contributed by atoms with van der Waals surface area (Å²) in [7, 11) is 1.10. The van der Waals surface area contributed by atoms with E-state index in [1.54, 1.807) is 54.6 Å². The van der Waals surface area contributed by atoms with E-state index < -0.39 is 54.6 Å². The molecule has 0 atom stereocenters. The molecule has 0 spiro atoms. The van der Waals surface area contributed by atoms with Crippen molar-refractivity contribution in [2.24, 2.45) is 0 Å². The number of nitriles is 2. The summed E-state index contributed by atoms with van der Waals surface area (Å²) >= 11 is 0. The first kappa shape index (κ1) is 32.0. The molecule has 1 N–H and O–H groups in total. The van der Waals surface area contributed by atoms with Crippen molar-refractivity contribution in [3.05, 3.63) is 82.9 Å². The lowest BCUT2D eigenvalue weighted by Gasteiger charge is -2.15. The van der Waals surface area contributed by atoms with Crippen molar-refractivity contribution in [1.82, 2.24) is 0 Å². The molecule has 4 rings (SSSR count). The quantitative estimate of drug-likeness (QED) is 0.188. The van der Waals surface area contributed by atoms with Gasteiger partial charge in [0.15, 0.2) is 24.7 Å². The molecule has 0 unspecified atom stereocenters. The van der Waals surface area contributed by atoms with E-state index in [-0.39, 0.29) is 22.1 Å². The Labute approximate surface area is 238 Å². The number of aromatic carboxylic acids is 1. The van der Waals surface area contributed by atoms with Gasteiger partial charge in [-0.05, 0) is 22.9 Å². The first-order chi connectivity index (χ1) is 20.2. The van der Waals surface area contributed by atoms with Gasteiger partial charge in [0.25, 0.3) is 0 Å². The number of fused-ring (bicyclic) bond motifs is 2. The number of nitrogens with zero attached hydrogens (tertiary/aromatic N) is 2. The second kappa shape index (κ2) is 13.0. The molecule has 4 aromatic carbocycles. The number of alkyl halides is 6. The Morgan fingerprint density at radius 3 is 1.51 bits per heavy atom. The Morgan fingerprint density at radius 2 is 1.14 bits per heavy atom. The van der Waals surface area contributed by atoms with E-state index in [1.165, 1.54) is 18.2 Å². The lowest BCUT2D eigenvalue weighted by atomic mass is 9.99. The molecule has 0 aromatic heterocycles. The molecule has 0 saturated heterocycles. The van der Waals surface area contributed by atoms with Crippen LogP contribution in [0.4, 0.5) is 26.3 Å². The van der Waals surface area contributed by atoms with E-state index in [9.17, 15) is 41.0 Å². The van der Waals surface area contributed by atoms with Crippen molar-refractivity contribution in [3.8, 4) is 23.6 Å². The van der Waals surface area contributed by atoms with E-state index in [0.717, 1.165) is 7.11 Å². The second-order valence-electron chi connectivity index (χ2n) is 8.53. The highest BCUT2D eigenvalue weighted by molar-refractivity contribution is 6.08. The van der Waals surface area contributed by atoms with E-state index in [4.69, 9.17) is 15.3 Å². The maximum atomic E-state index is 12.4. The largest absolute Gasteiger partial charge is 0.482 e. The van der Waals surface area contributed by atoms with Gasteiger partial charge in [-0.3, -0.25) is 0 Å².